The molecular weight excluding hydrogens is 556 g/mol. The van der Waals surface area contributed by atoms with Gasteiger partial charge in [-0.05, 0) is 43.4 Å². The first-order valence-corrected chi connectivity index (χ1v) is 14.3. The lowest BCUT2D eigenvalue weighted by molar-refractivity contribution is -0.142. The molecule has 4 amide bonds. The van der Waals surface area contributed by atoms with E-state index in [1.165, 1.54) is 11.9 Å². The van der Waals surface area contributed by atoms with Crippen LogP contribution in [0.15, 0.2) is 24.3 Å². The van der Waals surface area contributed by atoms with E-state index in [0.29, 0.717) is 17.0 Å². The fourth-order valence-corrected chi connectivity index (χ4v) is 4.78. The maximum absolute atomic E-state index is 13.2. The number of ether oxygens (including phenoxy) is 2. The summed E-state index contributed by atoms with van der Waals surface area (Å²) in [5.74, 6) is -2.09. The van der Waals surface area contributed by atoms with E-state index < -0.39 is 36.1 Å². The molecule has 1 aliphatic carbocycles. The molecule has 2 unspecified atom stereocenters. The topological polar surface area (TPSA) is 163 Å². The minimum atomic E-state index is -1.34. The number of hydrogen-bond donors (Lipinski definition) is 4. The molecule has 12 nitrogen and oxygen atoms in total. The molecule has 1 aromatic carbocycles. The average molecular weight is 597 g/mol. The van der Waals surface area contributed by atoms with Crippen LogP contribution in [-0.2, 0) is 30.5 Å². The van der Waals surface area contributed by atoms with Gasteiger partial charge in [-0.15, -0.1) is 0 Å². The van der Waals surface area contributed by atoms with Crippen LogP contribution in [0.4, 0.5) is 9.59 Å². The van der Waals surface area contributed by atoms with E-state index in [0.717, 1.165) is 32.1 Å². The highest BCUT2D eigenvalue weighted by atomic mass is 35.5. The van der Waals surface area contributed by atoms with Gasteiger partial charge in [-0.1, -0.05) is 55.8 Å². The second-order valence-corrected chi connectivity index (χ2v) is 10.5. The predicted molar refractivity (Wildman–Crippen MR) is 151 cm³/mol. The van der Waals surface area contributed by atoms with Crippen molar-refractivity contribution in [2.24, 2.45) is 5.92 Å². The zero-order valence-corrected chi connectivity index (χ0v) is 24.4. The fourth-order valence-electron chi connectivity index (χ4n) is 4.57. The molecule has 1 aromatic rings. The Bertz CT molecular complexity index is 1030. The summed E-state index contributed by atoms with van der Waals surface area (Å²) in [6, 6.07) is 4.50. The third-order valence-electron chi connectivity index (χ3n) is 6.84. The van der Waals surface area contributed by atoms with Crippen LogP contribution in [0.1, 0.15) is 63.9 Å². The summed E-state index contributed by atoms with van der Waals surface area (Å²) in [5.41, 5.74) is 0.679. The number of alkyl carbamates (subject to hydrolysis) is 2. The van der Waals surface area contributed by atoms with Crippen molar-refractivity contribution in [1.82, 2.24) is 20.9 Å². The number of carbonyl (C=O) groups excluding carboxylic acids is 4. The van der Waals surface area contributed by atoms with Crippen molar-refractivity contribution < 1.29 is 38.6 Å². The molecule has 0 heterocycles. The average Bonchev–Trinajstić information content (AvgIpc) is 2.94. The van der Waals surface area contributed by atoms with Crippen molar-refractivity contribution in [1.29, 1.82) is 0 Å². The molecule has 1 fully saturated rings. The van der Waals surface area contributed by atoms with Crippen molar-refractivity contribution in [2.45, 2.75) is 77.0 Å². The lowest BCUT2D eigenvalue weighted by atomic mass is 9.84. The molecule has 13 heteroatoms. The van der Waals surface area contributed by atoms with E-state index >= 15 is 0 Å². The molecule has 2 rings (SSSR count). The Balaban J connectivity index is 1.94. The van der Waals surface area contributed by atoms with Gasteiger partial charge in [-0.3, -0.25) is 9.59 Å². The summed E-state index contributed by atoms with van der Waals surface area (Å²) in [6.45, 7) is 2.22. The number of carbonyl (C=O) groups is 5. The van der Waals surface area contributed by atoms with Crippen LogP contribution in [0, 0.1) is 5.92 Å². The number of carboxylic acids is 1. The molecule has 41 heavy (non-hydrogen) atoms. The molecule has 0 bridgehead atoms. The molecule has 0 saturated heterocycles. The maximum atomic E-state index is 13.2. The first kappa shape index (κ1) is 33.7. The largest absolute Gasteiger partial charge is 0.480 e. The van der Waals surface area contributed by atoms with Gasteiger partial charge in [-0.2, -0.15) is 0 Å². The van der Waals surface area contributed by atoms with Gasteiger partial charge in [0, 0.05) is 31.6 Å². The Morgan fingerprint density at radius 2 is 1.78 bits per heavy atom. The molecule has 0 radical (unpaired) electrons. The monoisotopic (exact) mass is 596 g/mol. The molecule has 1 aliphatic rings. The number of benzene rings is 1. The van der Waals surface area contributed by atoms with Crippen molar-refractivity contribution in [2.75, 3.05) is 26.7 Å². The van der Waals surface area contributed by atoms with Gasteiger partial charge in [0.05, 0.1) is 6.61 Å². The predicted octanol–water partition coefficient (Wildman–Crippen LogP) is 3.46. The van der Waals surface area contributed by atoms with Crippen molar-refractivity contribution in [3.8, 4) is 0 Å². The zero-order chi connectivity index (χ0) is 30.2. The Morgan fingerprint density at radius 1 is 1.05 bits per heavy atom. The normalized spacial score (nSPS) is 14.7. The summed E-state index contributed by atoms with van der Waals surface area (Å²) in [7, 11) is 1.53. The van der Waals surface area contributed by atoms with E-state index in [9.17, 15) is 29.1 Å². The van der Waals surface area contributed by atoms with Gasteiger partial charge in [-0.25, -0.2) is 14.4 Å². The molecule has 0 spiro atoms. The number of nitrogens with one attached hydrogen (secondary N) is 3. The quantitative estimate of drug-likeness (QED) is 0.239. The Morgan fingerprint density at radius 3 is 2.44 bits per heavy atom. The summed E-state index contributed by atoms with van der Waals surface area (Å²) in [4.78, 5) is 63.0. The van der Waals surface area contributed by atoms with Gasteiger partial charge >= 0.3 is 18.2 Å². The second kappa shape index (κ2) is 18.0. The number of rotatable bonds is 15. The van der Waals surface area contributed by atoms with E-state index in [-0.39, 0.29) is 51.0 Å². The standard InChI is InChI=1S/C28H41ClN4O8/c1-3-40-27(38)30-14-15-33(2)24(34)13-12-22(26(36)37)31-25(35)23(17-19-8-5-4-6-9-19)32-28(39)41-18-20-10-7-11-21(29)16-20/h7,10-11,16,19,22-23H,3-6,8-9,12-15,17-18H2,1-2H3,(H,30,38)(H,31,35)(H,32,39)(H,36,37). The maximum Gasteiger partial charge on any atom is 0.408 e. The van der Waals surface area contributed by atoms with E-state index in [2.05, 4.69) is 16.0 Å². The number of likely N-dealkylation sites (N-methyl/N-ethyl adjacent to an activating group) is 1. The smallest absolute Gasteiger partial charge is 0.408 e. The van der Waals surface area contributed by atoms with Gasteiger partial charge in [0.15, 0.2) is 0 Å². The number of halogens is 1. The lowest BCUT2D eigenvalue weighted by Gasteiger charge is -2.27. The summed E-state index contributed by atoms with van der Waals surface area (Å²) < 4.78 is 10.0. The first-order chi connectivity index (χ1) is 19.6. The van der Waals surface area contributed by atoms with Crippen molar-refractivity contribution >= 4 is 41.6 Å². The second-order valence-electron chi connectivity index (χ2n) is 10.0. The van der Waals surface area contributed by atoms with Crippen LogP contribution in [-0.4, -0.2) is 78.8 Å². The van der Waals surface area contributed by atoms with E-state index in [1.807, 2.05) is 0 Å². The van der Waals surface area contributed by atoms with Crippen LogP contribution in [0.2, 0.25) is 5.02 Å². The Hall–Kier alpha value is -3.54. The molecule has 2 atom stereocenters. The molecular formula is C28H41ClN4O8. The molecule has 1 saturated carbocycles. The summed E-state index contributed by atoms with van der Waals surface area (Å²) in [5, 5.41) is 17.8. The van der Waals surface area contributed by atoms with Gasteiger partial charge < -0.3 is 35.4 Å². The molecule has 0 aliphatic heterocycles. The highest BCUT2D eigenvalue weighted by Gasteiger charge is 2.30. The molecule has 0 aromatic heterocycles. The zero-order valence-electron chi connectivity index (χ0n) is 23.7. The number of nitrogens with zero attached hydrogens (tertiary/aromatic N) is 1. The van der Waals surface area contributed by atoms with Crippen LogP contribution < -0.4 is 16.0 Å². The van der Waals surface area contributed by atoms with Crippen LogP contribution in [0.5, 0.6) is 0 Å². The Labute approximate surface area is 245 Å². The SMILES string of the molecule is CCOC(=O)NCCN(C)C(=O)CCC(NC(=O)C(CC1CCCCC1)NC(=O)OCc1cccc(Cl)c1)C(=O)O. The number of amides is 4. The third-order valence-corrected chi connectivity index (χ3v) is 7.08. The highest BCUT2D eigenvalue weighted by Crippen LogP contribution is 2.27. The molecule has 4 N–H and O–H groups in total. The van der Waals surface area contributed by atoms with Crippen LogP contribution in [0.25, 0.3) is 0 Å². The van der Waals surface area contributed by atoms with Crippen LogP contribution >= 0.6 is 11.6 Å². The van der Waals surface area contributed by atoms with E-state index in [1.54, 1.807) is 31.2 Å². The van der Waals surface area contributed by atoms with Gasteiger partial charge in [0.25, 0.3) is 0 Å². The van der Waals surface area contributed by atoms with E-state index in [4.69, 9.17) is 21.1 Å². The minimum Gasteiger partial charge on any atom is -0.480 e. The number of hydrogen-bond acceptors (Lipinski definition) is 7. The minimum absolute atomic E-state index is 0.0488. The number of carboxylic acid groups (broad SMARTS) is 1. The fraction of sp³-hybridized carbons (Fsp3) is 0.607. The summed E-state index contributed by atoms with van der Waals surface area (Å²) >= 11 is 5.97. The third kappa shape index (κ3) is 13.1. The highest BCUT2D eigenvalue weighted by molar-refractivity contribution is 6.30. The lowest BCUT2D eigenvalue weighted by Crippen LogP contribution is -2.52. The van der Waals surface area contributed by atoms with Crippen molar-refractivity contribution in [3.05, 3.63) is 34.9 Å². The Kier molecular flexibility index (Phi) is 14.8. The van der Waals surface area contributed by atoms with Gasteiger partial charge in [0.2, 0.25) is 11.8 Å². The van der Waals surface area contributed by atoms with Gasteiger partial charge in [0.1, 0.15) is 18.7 Å². The first-order valence-electron chi connectivity index (χ1n) is 13.9. The van der Waals surface area contributed by atoms with Crippen molar-refractivity contribution in [3.63, 3.8) is 0 Å². The summed E-state index contributed by atoms with van der Waals surface area (Å²) in [6.07, 6.45) is 3.66. The number of aliphatic carboxylic acids is 1. The van der Waals surface area contributed by atoms with Crippen LogP contribution in [0.3, 0.4) is 0 Å². The molecule has 228 valence electrons.